The third kappa shape index (κ3) is 1.44. The predicted octanol–water partition coefficient (Wildman–Crippen LogP) is 3.79. The van der Waals surface area contributed by atoms with E-state index in [0.29, 0.717) is 0 Å². The van der Waals surface area contributed by atoms with Gasteiger partial charge in [-0.1, -0.05) is 24.3 Å². The van der Waals surface area contributed by atoms with Crippen LogP contribution in [-0.2, 0) is 4.74 Å². The molecule has 2 atom stereocenters. The first-order chi connectivity index (χ1) is 7.19. The lowest BCUT2D eigenvalue weighted by Gasteiger charge is -2.09. The van der Waals surface area contributed by atoms with Crippen LogP contribution in [0, 0.1) is 13.8 Å². The van der Waals surface area contributed by atoms with Crippen molar-refractivity contribution in [3.8, 4) is 0 Å². The summed E-state index contributed by atoms with van der Waals surface area (Å²) in [5.41, 5.74) is 5.08. The number of rotatable bonds is 2. The molecule has 1 aromatic carbocycles. The summed E-state index contributed by atoms with van der Waals surface area (Å²) in [6, 6.07) is 4.28. The molecule has 0 saturated carbocycles. The maximum atomic E-state index is 5.86. The van der Waals surface area contributed by atoms with Crippen molar-refractivity contribution in [1.29, 1.82) is 0 Å². The molecule has 1 heterocycles. The molecule has 1 aromatic rings. The Morgan fingerprint density at radius 2 is 1.40 bits per heavy atom. The van der Waals surface area contributed by atoms with Crippen LogP contribution in [0.1, 0.15) is 34.5 Å². The highest BCUT2D eigenvalue weighted by atomic mass is 16.5. The van der Waals surface area contributed by atoms with E-state index < -0.39 is 0 Å². The van der Waals surface area contributed by atoms with Crippen molar-refractivity contribution in [1.82, 2.24) is 0 Å². The molecule has 1 aliphatic rings. The van der Waals surface area contributed by atoms with Gasteiger partial charge in [-0.3, -0.25) is 0 Å². The molecule has 0 spiro atoms. The van der Waals surface area contributed by atoms with Gasteiger partial charge in [-0.25, -0.2) is 0 Å². The van der Waals surface area contributed by atoms with E-state index >= 15 is 0 Å². The molecular formula is C14H16O. The molecule has 0 radical (unpaired) electrons. The molecule has 0 bridgehead atoms. The van der Waals surface area contributed by atoms with Gasteiger partial charge in [0.25, 0.3) is 0 Å². The lowest BCUT2D eigenvalue weighted by atomic mass is 9.93. The summed E-state index contributed by atoms with van der Waals surface area (Å²) >= 11 is 0. The minimum atomic E-state index is 0.0166. The predicted molar refractivity (Wildman–Crippen MR) is 62.9 cm³/mol. The summed E-state index contributed by atoms with van der Waals surface area (Å²) in [6.45, 7) is 11.9. The van der Waals surface area contributed by atoms with E-state index in [9.17, 15) is 0 Å². The van der Waals surface area contributed by atoms with Crippen molar-refractivity contribution >= 4 is 0 Å². The monoisotopic (exact) mass is 200 g/mol. The van der Waals surface area contributed by atoms with Gasteiger partial charge in [0.1, 0.15) is 12.2 Å². The van der Waals surface area contributed by atoms with E-state index in [2.05, 4.69) is 39.1 Å². The van der Waals surface area contributed by atoms with Gasteiger partial charge in [-0.15, -0.1) is 13.2 Å². The van der Waals surface area contributed by atoms with Crippen LogP contribution in [0.3, 0.4) is 0 Å². The summed E-state index contributed by atoms with van der Waals surface area (Å²) in [5.74, 6) is 0. The lowest BCUT2D eigenvalue weighted by molar-refractivity contribution is 0.0674. The zero-order valence-corrected chi connectivity index (χ0v) is 9.29. The van der Waals surface area contributed by atoms with Crippen LogP contribution < -0.4 is 0 Å². The van der Waals surface area contributed by atoms with Gasteiger partial charge >= 0.3 is 0 Å². The highest BCUT2D eigenvalue weighted by Crippen LogP contribution is 2.43. The van der Waals surface area contributed by atoms with Crippen LogP contribution in [0.4, 0.5) is 0 Å². The van der Waals surface area contributed by atoms with E-state index in [1.165, 1.54) is 22.3 Å². The fourth-order valence-corrected chi connectivity index (χ4v) is 2.25. The topological polar surface area (TPSA) is 9.23 Å². The first-order valence-corrected chi connectivity index (χ1v) is 5.19. The van der Waals surface area contributed by atoms with Crippen LogP contribution >= 0.6 is 0 Å². The number of aryl methyl sites for hydroxylation is 2. The molecule has 0 aromatic heterocycles. The highest BCUT2D eigenvalue weighted by Gasteiger charge is 2.30. The first kappa shape index (κ1) is 10.2. The second-order valence-corrected chi connectivity index (χ2v) is 3.98. The van der Waals surface area contributed by atoms with Crippen molar-refractivity contribution in [2.24, 2.45) is 0 Å². The molecule has 0 aliphatic carbocycles. The van der Waals surface area contributed by atoms with E-state index in [1.807, 2.05) is 12.2 Å². The molecule has 78 valence electrons. The van der Waals surface area contributed by atoms with Crippen LogP contribution in [0.5, 0.6) is 0 Å². The Bertz CT molecular complexity index is 379. The molecule has 1 nitrogen and oxygen atoms in total. The fraction of sp³-hybridized carbons (Fsp3) is 0.286. The van der Waals surface area contributed by atoms with Crippen LogP contribution in [0.25, 0.3) is 0 Å². The van der Waals surface area contributed by atoms with Crippen molar-refractivity contribution in [2.75, 3.05) is 0 Å². The van der Waals surface area contributed by atoms with E-state index in [1.54, 1.807) is 0 Å². The molecule has 0 N–H and O–H groups in total. The van der Waals surface area contributed by atoms with Crippen LogP contribution in [-0.4, -0.2) is 0 Å². The van der Waals surface area contributed by atoms with E-state index in [4.69, 9.17) is 4.74 Å². The summed E-state index contributed by atoms with van der Waals surface area (Å²) in [7, 11) is 0. The maximum absolute atomic E-state index is 5.86. The molecule has 2 unspecified atom stereocenters. The molecule has 1 aliphatic heterocycles. The first-order valence-electron chi connectivity index (χ1n) is 5.19. The van der Waals surface area contributed by atoms with Gasteiger partial charge in [-0.2, -0.15) is 0 Å². The Morgan fingerprint density at radius 1 is 1.00 bits per heavy atom. The van der Waals surface area contributed by atoms with Gasteiger partial charge in [0.05, 0.1) is 0 Å². The van der Waals surface area contributed by atoms with Gasteiger partial charge in [0.15, 0.2) is 0 Å². The van der Waals surface area contributed by atoms with Gasteiger partial charge < -0.3 is 4.74 Å². The highest BCUT2D eigenvalue weighted by molar-refractivity contribution is 5.48. The van der Waals surface area contributed by atoms with Gasteiger partial charge in [0, 0.05) is 0 Å². The molecule has 0 fully saturated rings. The largest absolute Gasteiger partial charge is 0.357 e. The molecule has 1 heteroatoms. The van der Waals surface area contributed by atoms with E-state index in [-0.39, 0.29) is 12.2 Å². The Balaban J connectivity index is 2.66. The van der Waals surface area contributed by atoms with Crippen molar-refractivity contribution < 1.29 is 4.74 Å². The van der Waals surface area contributed by atoms with Gasteiger partial charge in [0.2, 0.25) is 0 Å². The minimum Gasteiger partial charge on any atom is -0.357 e. The molecule has 2 rings (SSSR count). The zero-order chi connectivity index (χ0) is 11.0. The molecule has 0 saturated heterocycles. The Labute approximate surface area is 91.1 Å². The number of benzene rings is 1. The van der Waals surface area contributed by atoms with Crippen molar-refractivity contribution in [2.45, 2.75) is 26.1 Å². The summed E-state index contributed by atoms with van der Waals surface area (Å²) < 4.78 is 5.86. The normalized spacial score (nSPS) is 23.6. The standard InChI is InChI=1S/C14H16O/c1-5-11-13-9(3)7-8-10(4)14(13)12(6-2)15-11/h5-8,11-12H,1-2H2,3-4H3. The third-order valence-corrected chi connectivity index (χ3v) is 3.01. The zero-order valence-electron chi connectivity index (χ0n) is 9.29. The van der Waals surface area contributed by atoms with Crippen molar-refractivity contribution in [3.05, 3.63) is 59.7 Å². The van der Waals surface area contributed by atoms with Crippen LogP contribution in [0.2, 0.25) is 0 Å². The Morgan fingerprint density at radius 3 is 1.73 bits per heavy atom. The van der Waals surface area contributed by atoms with Gasteiger partial charge in [-0.05, 0) is 36.1 Å². The summed E-state index contributed by atoms with van der Waals surface area (Å²) in [4.78, 5) is 0. The second kappa shape index (κ2) is 3.67. The van der Waals surface area contributed by atoms with E-state index in [0.717, 1.165) is 0 Å². The number of hydrogen-bond acceptors (Lipinski definition) is 1. The molecule has 15 heavy (non-hydrogen) atoms. The summed E-state index contributed by atoms with van der Waals surface area (Å²) in [5, 5.41) is 0. The number of hydrogen-bond donors (Lipinski definition) is 0. The molecule has 0 amide bonds. The maximum Gasteiger partial charge on any atom is 0.102 e. The third-order valence-electron chi connectivity index (χ3n) is 3.01. The smallest absolute Gasteiger partial charge is 0.102 e. The Kier molecular flexibility index (Phi) is 2.49. The minimum absolute atomic E-state index is 0.0166. The summed E-state index contributed by atoms with van der Waals surface area (Å²) in [6.07, 6.45) is 3.74. The number of fused-ring (bicyclic) bond motifs is 1. The average molecular weight is 200 g/mol. The Hall–Kier alpha value is -1.34. The SMILES string of the molecule is C=CC1OC(C=C)c2c(C)ccc(C)c21. The fourth-order valence-electron chi connectivity index (χ4n) is 2.25. The number of ether oxygens (including phenoxy) is 1. The quantitative estimate of drug-likeness (QED) is 0.660. The van der Waals surface area contributed by atoms with Crippen LogP contribution in [0.15, 0.2) is 37.4 Å². The second-order valence-electron chi connectivity index (χ2n) is 3.98. The average Bonchev–Trinajstić information content (AvgIpc) is 2.63. The lowest BCUT2D eigenvalue weighted by Crippen LogP contribution is -1.95. The van der Waals surface area contributed by atoms with Crippen molar-refractivity contribution in [3.63, 3.8) is 0 Å². The molecular weight excluding hydrogens is 184 g/mol.